The van der Waals surface area contributed by atoms with Gasteiger partial charge in [-0.1, -0.05) is 0 Å². The fraction of sp³-hybridized carbons (Fsp3) is 0.385. The number of carbonyl (C=O) groups excluding carboxylic acids is 1. The minimum atomic E-state index is 0.0479. The van der Waals surface area contributed by atoms with Crippen molar-refractivity contribution in [2.24, 2.45) is 0 Å². The largest absolute Gasteiger partial charge is 0.396 e. The van der Waals surface area contributed by atoms with Gasteiger partial charge in [0.1, 0.15) is 6.54 Å². The Hall–Kier alpha value is -2.64. The predicted octanol–water partition coefficient (Wildman–Crippen LogP) is -0.396. The minimum Gasteiger partial charge on any atom is -0.396 e. The number of carbonyl (C=O) groups is 1. The molecule has 0 unspecified atom stereocenters. The first-order chi connectivity index (χ1) is 10.2. The minimum absolute atomic E-state index is 0.0479. The summed E-state index contributed by atoms with van der Waals surface area (Å²) in [7, 11) is 0. The molecule has 0 atom stereocenters. The second-order valence-electron chi connectivity index (χ2n) is 4.89. The van der Waals surface area contributed by atoms with Gasteiger partial charge in [-0.15, -0.1) is 0 Å². The Balaban J connectivity index is 1.54. The molecule has 2 aromatic heterocycles. The van der Waals surface area contributed by atoms with Crippen LogP contribution in [0.1, 0.15) is 0 Å². The molecule has 8 nitrogen and oxygen atoms in total. The summed E-state index contributed by atoms with van der Waals surface area (Å²) in [6, 6.07) is 1.79. The van der Waals surface area contributed by atoms with Crippen molar-refractivity contribution in [2.75, 3.05) is 36.8 Å². The van der Waals surface area contributed by atoms with E-state index in [4.69, 9.17) is 5.73 Å². The number of amides is 1. The van der Waals surface area contributed by atoms with E-state index in [1.165, 1.54) is 6.20 Å². The van der Waals surface area contributed by atoms with E-state index in [1.807, 2.05) is 4.90 Å². The van der Waals surface area contributed by atoms with Crippen LogP contribution in [0.2, 0.25) is 0 Å². The van der Waals surface area contributed by atoms with Crippen LogP contribution < -0.4 is 10.6 Å². The van der Waals surface area contributed by atoms with Crippen molar-refractivity contribution in [3.05, 3.63) is 30.9 Å². The molecule has 0 radical (unpaired) electrons. The Morgan fingerprint density at radius 1 is 1.19 bits per heavy atom. The molecule has 0 bridgehead atoms. The monoisotopic (exact) mass is 287 g/mol. The van der Waals surface area contributed by atoms with Crippen LogP contribution in [0.25, 0.3) is 0 Å². The van der Waals surface area contributed by atoms with Crippen LogP contribution in [-0.2, 0) is 11.3 Å². The van der Waals surface area contributed by atoms with Gasteiger partial charge in [0.2, 0.25) is 11.9 Å². The molecule has 3 rings (SSSR count). The van der Waals surface area contributed by atoms with Crippen molar-refractivity contribution in [1.82, 2.24) is 24.6 Å². The molecule has 2 aromatic rings. The third-order valence-corrected chi connectivity index (χ3v) is 3.42. The van der Waals surface area contributed by atoms with Crippen LogP contribution >= 0.6 is 0 Å². The molecule has 1 fully saturated rings. The molecule has 0 saturated carbocycles. The Labute approximate surface area is 122 Å². The summed E-state index contributed by atoms with van der Waals surface area (Å²) in [6.07, 6.45) is 6.65. The Kier molecular flexibility index (Phi) is 3.67. The van der Waals surface area contributed by atoms with Crippen LogP contribution in [0.15, 0.2) is 30.9 Å². The summed E-state index contributed by atoms with van der Waals surface area (Å²) < 4.78 is 1.56. The number of anilines is 2. The summed E-state index contributed by atoms with van der Waals surface area (Å²) in [5, 5.41) is 4.03. The number of aromatic nitrogens is 4. The number of rotatable bonds is 3. The van der Waals surface area contributed by atoms with E-state index >= 15 is 0 Å². The molecular weight excluding hydrogens is 270 g/mol. The van der Waals surface area contributed by atoms with Crippen molar-refractivity contribution in [3.8, 4) is 0 Å². The molecule has 8 heteroatoms. The molecule has 0 aromatic carbocycles. The lowest BCUT2D eigenvalue weighted by Gasteiger charge is -2.34. The number of hydrogen-bond acceptors (Lipinski definition) is 6. The maximum atomic E-state index is 12.2. The molecule has 1 aliphatic heterocycles. The van der Waals surface area contributed by atoms with E-state index in [2.05, 4.69) is 20.0 Å². The van der Waals surface area contributed by atoms with Gasteiger partial charge in [-0.3, -0.25) is 9.48 Å². The molecule has 1 saturated heterocycles. The Morgan fingerprint density at radius 2 is 1.90 bits per heavy atom. The first-order valence-electron chi connectivity index (χ1n) is 6.80. The highest BCUT2D eigenvalue weighted by molar-refractivity contribution is 5.76. The lowest BCUT2D eigenvalue weighted by Crippen LogP contribution is -2.50. The molecule has 110 valence electrons. The van der Waals surface area contributed by atoms with Gasteiger partial charge in [-0.25, -0.2) is 9.97 Å². The summed E-state index contributed by atoms with van der Waals surface area (Å²) in [5.41, 5.74) is 6.15. The third-order valence-electron chi connectivity index (χ3n) is 3.42. The zero-order valence-electron chi connectivity index (χ0n) is 11.6. The Bertz CT molecular complexity index is 604. The maximum Gasteiger partial charge on any atom is 0.244 e. The SMILES string of the molecule is Nc1cnn(CC(=O)N2CCN(c3ncccn3)CC2)c1. The van der Waals surface area contributed by atoms with Crippen LogP contribution in [0.4, 0.5) is 11.6 Å². The number of hydrogen-bond donors (Lipinski definition) is 1. The van der Waals surface area contributed by atoms with E-state index in [1.54, 1.807) is 29.3 Å². The van der Waals surface area contributed by atoms with Crippen LogP contribution in [0, 0.1) is 0 Å². The van der Waals surface area contributed by atoms with Crippen molar-refractivity contribution in [1.29, 1.82) is 0 Å². The standard InChI is InChI=1S/C13H17N7O/c14-11-8-17-20(9-11)10-12(21)18-4-6-19(7-5-18)13-15-2-1-3-16-13/h1-3,8-9H,4-7,10,14H2. The van der Waals surface area contributed by atoms with Gasteiger partial charge >= 0.3 is 0 Å². The van der Waals surface area contributed by atoms with Gasteiger partial charge in [-0.2, -0.15) is 5.10 Å². The second kappa shape index (κ2) is 5.78. The van der Waals surface area contributed by atoms with Crippen molar-refractivity contribution < 1.29 is 4.79 Å². The van der Waals surface area contributed by atoms with Gasteiger partial charge in [0, 0.05) is 44.8 Å². The summed E-state index contributed by atoms with van der Waals surface area (Å²) in [6.45, 7) is 3.01. The van der Waals surface area contributed by atoms with Gasteiger partial charge in [-0.05, 0) is 6.07 Å². The molecule has 1 amide bonds. The van der Waals surface area contributed by atoms with E-state index in [-0.39, 0.29) is 12.5 Å². The van der Waals surface area contributed by atoms with Gasteiger partial charge < -0.3 is 15.5 Å². The quantitative estimate of drug-likeness (QED) is 0.826. The number of piperazine rings is 1. The Morgan fingerprint density at radius 3 is 2.52 bits per heavy atom. The van der Waals surface area contributed by atoms with Crippen molar-refractivity contribution in [2.45, 2.75) is 6.54 Å². The van der Waals surface area contributed by atoms with Crippen molar-refractivity contribution >= 4 is 17.5 Å². The van der Waals surface area contributed by atoms with Gasteiger partial charge in [0.15, 0.2) is 0 Å². The average molecular weight is 287 g/mol. The normalized spacial score (nSPS) is 15.2. The second-order valence-corrected chi connectivity index (χ2v) is 4.89. The summed E-state index contributed by atoms with van der Waals surface area (Å²) in [4.78, 5) is 24.6. The molecule has 1 aliphatic rings. The van der Waals surface area contributed by atoms with Gasteiger partial charge in [0.05, 0.1) is 11.9 Å². The molecule has 3 heterocycles. The first kappa shape index (κ1) is 13.3. The highest BCUT2D eigenvalue weighted by atomic mass is 16.2. The van der Waals surface area contributed by atoms with Crippen LogP contribution in [0.5, 0.6) is 0 Å². The predicted molar refractivity (Wildman–Crippen MR) is 77.5 cm³/mol. The van der Waals surface area contributed by atoms with E-state index in [9.17, 15) is 4.79 Å². The fourth-order valence-corrected chi connectivity index (χ4v) is 2.31. The highest BCUT2D eigenvalue weighted by Crippen LogP contribution is 2.10. The molecule has 21 heavy (non-hydrogen) atoms. The van der Waals surface area contributed by atoms with E-state index < -0.39 is 0 Å². The first-order valence-corrected chi connectivity index (χ1v) is 6.80. The smallest absolute Gasteiger partial charge is 0.244 e. The molecule has 2 N–H and O–H groups in total. The lowest BCUT2D eigenvalue weighted by molar-refractivity contribution is -0.132. The highest BCUT2D eigenvalue weighted by Gasteiger charge is 2.22. The fourth-order valence-electron chi connectivity index (χ4n) is 2.31. The van der Waals surface area contributed by atoms with E-state index in [0.717, 1.165) is 13.1 Å². The molecular formula is C13H17N7O. The maximum absolute atomic E-state index is 12.2. The third kappa shape index (κ3) is 3.10. The number of nitrogens with two attached hydrogens (primary N) is 1. The number of nitrogen functional groups attached to an aromatic ring is 1. The van der Waals surface area contributed by atoms with Gasteiger partial charge in [0.25, 0.3) is 0 Å². The van der Waals surface area contributed by atoms with Crippen molar-refractivity contribution in [3.63, 3.8) is 0 Å². The number of nitrogens with zero attached hydrogens (tertiary/aromatic N) is 6. The summed E-state index contributed by atoms with van der Waals surface area (Å²) >= 11 is 0. The average Bonchev–Trinajstić information content (AvgIpc) is 2.93. The summed E-state index contributed by atoms with van der Waals surface area (Å²) in [5.74, 6) is 0.760. The topological polar surface area (TPSA) is 93.2 Å². The van der Waals surface area contributed by atoms with Crippen LogP contribution in [-0.4, -0.2) is 56.7 Å². The molecule has 0 aliphatic carbocycles. The lowest BCUT2D eigenvalue weighted by atomic mass is 10.3. The zero-order valence-corrected chi connectivity index (χ0v) is 11.6. The van der Waals surface area contributed by atoms with Crippen LogP contribution in [0.3, 0.4) is 0 Å². The zero-order chi connectivity index (χ0) is 14.7. The molecule has 0 spiro atoms. The van der Waals surface area contributed by atoms with E-state index in [0.29, 0.717) is 24.7 Å².